The van der Waals surface area contributed by atoms with Gasteiger partial charge in [-0.3, -0.25) is 0 Å². The summed E-state index contributed by atoms with van der Waals surface area (Å²) in [6.07, 6.45) is 0. The van der Waals surface area contributed by atoms with Gasteiger partial charge in [-0.15, -0.1) is 39.5 Å². The summed E-state index contributed by atoms with van der Waals surface area (Å²) in [4.78, 5) is 0. The Kier molecular flexibility index (Phi) is 15.5. The maximum Gasteiger partial charge on any atom is 0.146 e. The lowest BCUT2D eigenvalue weighted by molar-refractivity contribution is 0.330. The van der Waals surface area contributed by atoms with E-state index in [2.05, 4.69) is 163 Å². The molecule has 0 aliphatic rings. The Morgan fingerprint density at radius 3 is 1.08 bits per heavy atom. The summed E-state index contributed by atoms with van der Waals surface area (Å²) in [5, 5.41) is 0. The number of rotatable bonds is 21. The van der Waals surface area contributed by atoms with Gasteiger partial charge in [0.15, 0.2) is 0 Å². The summed E-state index contributed by atoms with van der Waals surface area (Å²) < 4.78 is 11.1. The Balaban J connectivity index is 6.06. The molecule has 0 radical (unpaired) electrons. The molecule has 1 unspecified atom stereocenters. The minimum Gasteiger partial charge on any atom is -0.341 e. The van der Waals surface area contributed by atoms with Gasteiger partial charge in [-0.1, -0.05) is 106 Å². The summed E-state index contributed by atoms with van der Waals surface area (Å²) in [7, 11) is -9.79. The molecule has 0 aromatic carbocycles. The number of hydrogen-bond acceptors (Lipinski definition) is 4. The third-order valence-corrected chi connectivity index (χ3v) is 31.6. The topological polar surface area (TPSA) is 13.0 Å². The molecule has 0 saturated heterocycles. The maximum atomic E-state index is 4.28. The smallest absolute Gasteiger partial charge is 0.146 e. The molecule has 0 heterocycles. The van der Waals surface area contributed by atoms with E-state index in [0.29, 0.717) is 0 Å². The van der Waals surface area contributed by atoms with Crippen molar-refractivity contribution >= 4 is 50.1 Å². The molecule has 0 amide bonds. The fraction of sp³-hybridized carbons (Fsp3) is 0.586. The van der Waals surface area contributed by atoms with Gasteiger partial charge < -0.3 is 17.6 Å². The van der Waals surface area contributed by atoms with E-state index in [1.807, 2.05) is 0 Å². The molecule has 39 heavy (non-hydrogen) atoms. The van der Waals surface area contributed by atoms with Gasteiger partial charge in [0.2, 0.25) is 0 Å². The monoisotopic (exact) mass is 636 g/mol. The van der Waals surface area contributed by atoms with Crippen LogP contribution in [0.1, 0.15) is 0 Å². The first-order chi connectivity index (χ1) is 17.7. The van der Waals surface area contributed by atoms with Crippen LogP contribution in [0.5, 0.6) is 0 Å². The van der Waals surface area contributed by atoms with Crippen LogP contribution in [0.2, 0.25) is 72.0 Å². The third-order valence-electron chi connectivity index (χ3n) is 8.94. The molecule has 0 bridgehead atoms. The van der Waals surface area contributed by atoms with E-state index in [-0.39, 0.29) is 0 Å². The van der Waals surface area contributed by atoms with E-state index in [1.54, 1.807) is 0 Å². The van der Waals surface area contributed by atoms with Crippen molar-refractivity contribution in [2.24, 2.45) is 0 Å². The van der Waals surface area contributed by atoms with Crippen molar-refractivity contribution in [2.45, 2.75) is 72.0 Å². The maximum absolute atomic E-state index is 4.28. The Hall–Kier alpha value is -0.419. The van der Waals surface area contributed by atoms with Crippen molar-refractivity contribution in [1.29, 1.82) is 0 Å². The quantitative estimate of drug-likeness (QED) is 0.127. The average molecular weight is 637 g/mol. The minimum atomic E-state index is -1.76. The van der Waals surface area contributed by atoms with Crippen LogP contribution in [0.25, 0.3) is 0 Å². The largest absolute Gasteiger partial charge is 0.341 e. The summed E-state index contributed by atoms with van der Waals surface area (Å²) in [6.45, 7) is 58.5. The summed E-state index contributed by atoms with van der Waals surface area (Å²) in [6, 6.07) is 0. The molecule has 0 aromatic rings. The molecular formula is C29H64N4Si6. The molecule has 0 N–H and O–H groups in total. The zero-order valence-electron chi connectivity index (χ0n) is 27.8. The van der Waals surface area contributed by atoms with Gasteiger partial charge >= 0.3 is 0 Å². The van der Waals surface area contributed by atoms with E-state index < -0.39 is 50.1 Å². The third kappa shape index (κ3) is 11.1. The van der Waals surface area contributed by atoms with E-state index in [1.165, 1.54) is 0 Å². The van der Waals surface area contributed by atoms with Crippen LogP contribution in [0.15, 0.2) is 73.7 Å². The van der Waals surface area contributed by atoms with Crippen molar-refractivity contribution in [2.75, 3.05) is 39.3 Å². The summed E-state index contributed by atoms with van der Waals surface area (Å²) in [5.74, 6) is 0. The van der Waals surface area contributed by atoms with Crippen molar-refractivity contribution in [3.8, 4) is 0 Å². The highest BCUT2D eigenvalue weighted by Gasteiger charge is 2.38. The zero-order chi connectivity index (χ0) is 30.9. The highest BCUT2D eigenvalue weighted by atomic mass is 28.4. The summed E-state index contributed by atoms with van der Waals surface area (Å²) in [5.41, 5.74) is 13.4. The van der Waals surface area contributed by atoms with Gasteiger partial charge in [-0.25, -0.2) is 0 Å². The second-order valence-electron chi connectivity index (χ2n) is 13.6. The van der Waals surface area contributed by atoms with Gasteiger partial charge in [0.25, 0.3) is 0 Å². The number of hydrogen-bond donors (Lipinski definition) is 0. The fourth-order valence-corrected chi connectivity index (χ4v) is 23.1. The molecule has 0 fully saturated rings. The van der Waals surface area contributed by atoms with Gasteiger partial charge in [0.05, 0.1) is 0 Å². The molecule has 1 atom stereocenters. The van der Waals surface area contributed by atoms with Crippen LogP contribution < -0.4 is 0 Å². The predicted molar refractivity (Wildman–Crippen MR) is 198 cm³/mol. The second kappa shape index (κ2) is 15.7. The van der Waals surface area contributed by atoms with Crippen LogP contribution in [0.3, 0.4) is 0 Å². The van der Waals surface area contributed by atoms with Gasteiger partial charge in [0, 0.05) is 26.2 Å². The standard InChI is InChI=1S/C29H64N4Si6/c1-18-34(7)32(37(12,13)21-4)28-26-30(35(8,9)19-2)24-25-31(36(10,11)20-3)27-29-33(38(14,15)22-5)39(16,17)23-6/h18-23,34H,1-6,24-29H2,7-17H3. The first kappa shape index (κ1) is 38.6. The van der Waals surface area contributed by atoms with E-state index in [0.717, 1.165) is 39.3 Å². The van der Waals surface area contributed by atoms with Crippen LogP contribution in [-0.2, 0) is 0 Å². The lowest BCUT2D eigenvalue weighted by atomic mass is 10.5. The van der Waals surface area contributed by atoms with E-state index >= 15 is 0 Å². The van der Waals surface area contributed by atoms with Crippen LogP contribution in [0, 0.1) is 0 Å². The van der Waals surface area contributed by atoms with Crippen LogP contribution in [-0.4, -0.2) is 107 Å². The average Bonchev–Trinajstić information content (AvgIpc) is 2.88. The molecule has 4 nitrogen and oxygen atoms in total. The lowest BCUT2D eigenvalue weighted by Crippen LogP contribution is -2.64. The van der Waals surface area contributed by atoms with Crippen molar-refractivity contribution in [3.05, 3.63) is 73.7 Å². The molecular weight excluding hydrogens is 573 g/mol. The Labute approximate surface area is 251 Å². The Bertz CT molecular complexity index is 833. The highest BCUT2D eigenvalue weighted by Crippen LogP contribution is 2.23. The van der Waals surface area contributed by atoms with Crippen molar-refractivity contribution < 1.29 is 0 Å². The van der Waals surface area contributed by atoms with Crippen molar-refractivity contribution in [3.63, 3.8) is 0 Å². The first-order valence-corrected chi connectivity index (χ1v) is 32.0. The van der Waals surface area contributed by atoms with Crippen LogP contribution in [0.4, 0.5) is 0 Å². The highest BCUT2D eigenvalue weighted by molar-refractivity contribution is 6.95. The van der Waals surface area contributed by atoms with Gasteiger partial charge in [-0.05, 0) is 13.1 Å². The van der Waals surface area contributed by atoms with Crippen molar-refractivity contribution in [1.82, 2.24) is 17.6 Å². The molecule has 0 aliphatic heterocycles. The normalized spacial score (nSPS) is 14.5. The summed E-state index contributed by atoms with van der Waals surface area (Å²) >= 11 is 0. The minimum absolute atomic E-state index is 1.06. The van der Waals surface area contributed by atoms with E-state index in [9.17, 15) is 0 Å². The molecule has 0 aromatic heterocycles. The fourth-order valence-electron chi connectivity index (χ4n) is 5.13. The van der Waals surface area contributed by atoms with Crippen LogP contribution >= 0.6 is 0 Å². The predicted octanol–water partition coefficient (Wildman–Crippen LogP) is 6.92. The molecule has 10 heteroatoms. The molecule has 224 valence electrons. The second-order valence-corrected chi connectivity index (χ2v) is 38.6. The Morgan fingerprint density at radius 1 is 0.462 bits per heavy atom. The van der Waals surface area contributed by atoms with Gasteiger partial charge in [-0.2, -0.15) is 0 Å². The molecule has 0 rings (SSSR count). The lowest BCUT2D eigenvalue weighted by Gasteiger charge is -2.47. The van der Waals surface area contributed by atoms with E-state index in [4.69, 9.17) is 0 Å². The molecule has 0 aliphatic carbocycles. The SMILES string of the molecule is C=C[SiH](C)N(CCN(CCN(CCN([Si](C)(C)C=C)[Si](C)(C)C=C)[Si](C)(C)C=C)[Si](C)(C)C=C)[Si](C)(C)C=C. The van der Waals surface area contributed by atoms with Gasteiger partial charge in [0.1, 0.15) is 50.1 Å². The zero-order valence-corrected chi connectivity index (χ0v) is 34.0. The molecule has 0 spiro atoms. The first-order valence-electron chi connectivity index (χ1n) is 14.6. The molecule has 0 saturated carbocycles. The number of nitrogens with zero attached hydrogens (tertiary/aromatic N) is 4. The Morgan fingerprint density at radius 2 is 0.769 bits per heavy atom.